The van der Waals surface area contributed by atoms with E-state index < -0.39 is 22.5 Å². The Balaban J connectivity index is 1.70. The third-order valence-electron chi connectivity index (χ3n) is 5.71. The molecule has 0 bridgehead atoms. The highest BCUT2D eigenvalue weighted by molar-refractivity contribution is 6.30. The number of benzene rings is 1. The van der Waals surface area contributed by atoms with Crippen LogP contribution in [0, 0.1) is 13.8 Å². The molecule has 1 fully saturated rings. The van der Waals surface area contributed by atoms with E-state index in [-0.39, 0.29) is 12.0 Å². The minimum atomic E-state index is -4.61. The lowest BCUT2D eigenvalue weighted by molar-refractivity contribution is -0.137. The van der Waals surface area contributed by atoms with Gasteiger partial charge in [0.2, 0.25) is 5.95 Å². The van der Waals surface area contributed by atoms with Gasteiger partial charge in [-0.3, -0.25) is 0 Å². The molecule has 1 aliphatic heterocycles. The van der Waals surface area contributed by atoms with Gasteiger partial charge in [-0.05, 0) is 76.1 Å². The Kier molecular flexibility index (Phi) is 7.12. The molecule has 10 heteroatoms. The average Bonchev–Trinajstić information content (AvgIpc) is 2.69. The summed E-state index contributed by atoms with van der Waals surface area (Å²) in [6, 6.07) is 3.87. The van der Waals surface area contributed by atoms with Gasteiger partial charge in [0.15, 0.2) is 0 Å². The van der Waals surface area contributed by atoms with Gasteiger partial charge in [0.1, 0.15) is 16.3 Å². The van der Waals surface area contributed by atoms with E-state index in [2.05, 4.69) is 15.3 Å². The fraction of sp³-hybridized carbons (Fsp3) is 0.522. The van der Waals surface area contributed by atoms with Crippen LogP contribution in [0.1, 0.15) is 61.8 Å². The number of likely N-dealkylation sites (tertiary alicyclic amines) is 1. The number of aromatic nitrogens is 2. The minimum Gasteiger partial charge on any atom is -0.444 e. The summed E-state index contributed by atoms with van der Waals surface area (Å²) in [5.74, 6) is 0.294. The Hall–Kier alpha value is -2.55. The molecule has 180 valence electrons. The van der Waals surface area contributed by atoms with Gasteiger partial charge in [-0.25, -0.2) is 14.8 Å². The Morgan fingerprint density at radius 3 is 2.33 bits per heavy atom. The zero-order valence-electron chi connectivity index (χ0n) is 19.3. The number of rotatable bonds is 3. The molecular formula is C23H28ClF3N4O2. The van der Waals surface area contributed by atoms with E-state index in [0.717, 1.165) is 24.0 Å². The summed E-state index contributed by atoms with van der Waals surface area (Å²) in [5, 5.41) is 2.31. The van der Waals surface area contributed by atoms with Gasteiger partial charge >= 0.3 is 12.3 Å². The Morgan fingerprint density at radius 1 is 1.15 bits per heavy atom. The third-order valence-corrected chi connectivity index (χ3v) is 6.00. The smallest absolute Gasteiger partial charge is 0.420 e. The first-order chi connectivity index (χ1) is 15.3. The first-order valence-electron chi connectivity index (χ1n) is 10.7. The maximum Gasteiger partial charge on any atom is 0.420 e. The van der Waals surface area contributed by atoms with Crippen LogP contribution in [0.5, 0.6) is 0 Å². The van der Waals surface area contributed by atoms with E-state index in [0.29, 0.717) is 30.9 Å². The van der Waals surface area contributed by atoms with Gasteiger partial charge in [-0.2, -0.15) is 13.2 Å². The maximum atomic E-state index is 12.9. The molecule has 0 atom stereocenters. The molecule has 0 unspecified atom stereocenters. The van der Waals surface area contributed by atoms with Crippen molar-refractivity contribution in [3.05, 3.63) is 45.7 Å². The van der Waals surface area contributed by atoms with Crippen LogP contribution in [-0.2, 0) is 10.9 Å². The van der Waals surface area contributed by atoms with Gasteiger partial charge in [0.25, 0.3) is 0 Å². The molecule has 1 amide bonds. The number of ether oxygens (including phenoxy) is 1. The summed E-state index contributed by atoms with van der Waals surface area (Å²) in [6.07, 6.45) is -2.58. The molecule has 0 radical (unpaired) electrons. The summed E-state index contributed by atoms with van der Waals surface area (Å²) >= 11 is 5.70. The number of piperidine rings is 1. The Bertz CT molecular complexity index is 1030. The van der Waals surface area contributed by atoms with Crippen molar-refractivity contribution in [3.63, 3.8) is 0 Å². The number of alkyl halides is 3. The fourth-order valence-electron chi connectivity index (χ4n) is 3.85. The number of carbonyl (C=O) groups is 1. The predicted octanol–water partition coefficient (Wildman–Crippen LogP) is 6.62. The van der Waals surface area contributed by atoms with Crippen molar-refractivity contribution in [1.82, 2.24) is 14.9 Å². The largest absolute Gasteiger partial charge is 0.444 e. The highest BCUT2D eigenvalue weighted by Crippen LogP contribution is 2.36. The van der Waals surface area contributed by atoms with Gasteiger partial charge in [-0.15, -0.1) is 0 Å². The lowest BCUT2D eigenvalue weighted by atomic mass is 9.85. The number of hydrogen-bond acceptors (Lipinski definition) is 5. The third kappa shape index (κ3) is 6.07. The summed E-state index contributed by atoms with van der Waals surface area (Å²) in [4.78, 5) is 21.5. The number of carbonyl (C=O) groups excluding carboxylic acids is 1. The van der Waals surface area contributed by atoms with E-state index in [4.69, 9.17) is 16.3 Å². The zero-order valence-corrected chi connectivity index (χ0v) is 20.1. The summed E-state index contributed by atoms with van der Waals surface area (Å²) in [6.45, 7) is 10.7. The molecule has 2 heterocycles. The van der Waals surface area contributed by atoms with Gasteiger partial charge in [-0.1, -0.05) is 17.7 Å². The highest BCUT2D eigenvalue weighted by Gasteiger charge is 2.35. The quantitative estimate of drug-likeness (QED) is 0.495. The van der Waals surface area contributed by atoms with Crippen molar-refractivity contribution in [1.29, 1.82) is 0 Å². The molecule has 1 N–H and O–H groups in total. The van der Waals surface area contributed by atoms with Crippen LogP contribution < -0.4 is 5.32 Å². The molecule has 0 spiro atoms. The number of hydrogen-bond donors (Lipinski definition) is 1. The predicted molar refractivity (Wildman–Crippen MR) is 121 cm³/mol. The molecule has 3 rings (SSSR count). The van der Waals surface area contributed by atoms with E-state index in [9.17, 15) is 18.0 Å². The van der Waals surface area contributed by atoms with Crippen molar-refractivity contribution >= 4 is 29.3 Å². The van der Waals surface area contributed by atoms with E-state index in [1.807, 2.05) is 46.8 Å². The number of nitrogens with one attached hydrogen (secondary N) is 1. The first kappa shape index (κ1) is 25.1. The van der Waals surface area contributed by atoms with Crippen molar-refractivity contribution in [2.45, 2.75) is 65.2 Å². The Morgan fingerprint density at radius 2 is 1.79 bits per heavy atom. The molecule has 1 saturated heterocycles. The molecule has 6 nitrogen and oxygen atoms in total. The highest BCUT2D eigenvalue weighted by atomic mass is 35.5. The Labute approximate surface area is 196 Å². The van der Waals surface area contributed by atoms with E-state index >= 15 is 0 Å². The van der Waals surface area contributed by atoms with Crippen LogP contribution in [0.3, 0.4) is 0 Å². The fourth-order valence-corrected chi connectivity index (χ4v) is 4.09. The minimum absolute atomic E-state index is 0.00563. The molecule has 2 aromatic rings. The summed E-state index contributed by atoms with van der Waals surface area (Å²) < 4.78 is 44.1. The number of amides is 1. The monoisotopic (exact) mass is 484 g/mol. The van der Waals surface area contributed by atoms with Crippen molar-refractivity contribution < 1.29 is 22.7 Å². The van der Waals surface area contributed by atoms with Gasteiger partial charge in [0, 0.05) is 25.0 Å². The van der Waals surface area contributed by atoms with Crippen LogP contribution in [0.4, 0.5) is 29.6 Å². The lowest BCUT2D eigenvalue weighted by Gasteiger charge is -2.34. The molecule has 1 aromatic carbocycles. The van der Waals surface area contributed by atoms with Gasteiger partial charge < -0.3 is 15.0 Å². The average molecular weight is 485 g/mol. The SMILES string of the molecule is Cc1c(Nc2ncc(C(F)(F)F)c(Cl)n2)ccc(C2CCN(C(=O)OC(C)(C)C)CC2)c1C. The van der Waals surface area contributed by atoms with Crippen LogP contribution in [0.2, 0.25) is 5.15 Å². The van der Waals surface area contributed by atoms with Crippen LogP contribution in [0.25, 0.3) is 0 Å². The standard InChI is InChI=1S/C23H28ClF3N4O2/c1-13-14(2)18(29-20-28-12-17(19(24)30-20)23(25,26)27)7-6-16(13)15-8-10-31(11-9-15)21(32)33-22(3,4)5/h6-7,12,15H,8-11H2,1-5H3,(H,28,29,30). The maximum absolute atomic E-state index is 12.9. The van der Waals surface area contributed by atoms with E-state index in [1.54, 1.807) is 4.90 Å². The second-order valence-electron chi connectivity index (χ2n) is 9.21. The van der Waals surface area contributed by atoms with Crippen LogP contribution >= 0.6 is 11.6 Å². The lowest BCUT2D eigenvalue weighted by Crippen LogP contribution is -2.41. The topological polar surface area (TPSA) is 67.4 Å². The van der Waals surface area contributed by atoms with E-state index in [1.165, 1.54) is 5.56 Å². The van der Waals surface area contributed by atoms with Crippen molar-refractivity contribution in [2.75, 3.05) is 18.4 Å². The summed E-state index contributed by atoms with van der Waals surface area (Å²) in [5.41, 5.74) is 2.31. The molecule has 1 aliphatic rings. The molecule has 0 saturated carbocycles. The first-order valence-corrected chi connectivity index (χ1v) is 11.1. The molecular weight excluding hydrogens is 457 g/mol. The van der Waals surface area contributed by atoms with Crippen molar-refractivity contribution in [2.24, 2.45) is 0 Å². The zero-order chi connectivity index (χ0) is 24.6. The number of nitrogens with zero attached hydrogens (tertiary/aromatic N) is 3. The summed E-state index contributed by atoms with van der Waals surface area (Å²) in [7, 11) is 0. The van der Waals surface area contributed by atoms with Crippen molar-refractivity contribution in [3.8, 4) is 0 Å². The van der Waals surface area contributed by atoms with Crippen LogP contribution in [-0.4, -0.2) is 39.7 Å². The molecule has 0 aliphatic carbocycles. The molecule has 1 aromatic heterocycles. The van der Waals surface area contributed by atoms with Crippen LogP contribution in [0.15, 0.2) is 18.3 Å². The normalized spacial score (nSPS) is 15.5. The molecule has 33 heavy (non-hydrogen) atoms. The number of halogens is 4. The second-order valence-corrected chi connectivity index (χ2v) is 9.57. The number of anilines is 2. The second kappa shape index (κ2) is 9.37. The van der Waals surface area contributed by atoms with Gasteiger partial charge in [0.05, 0.1) is 0 Å².